The van der Waals surface area contributed by atoms with Gasteiger partial charge >= 0.3 is 6.18 Å². The standard InChI is InChI=1S/C16H17F3N6O2S/c17-16(18,19)9-28(26,27)24-10-2-1-5-25(8-10)13-7-22-23-12-6-21-15-11(14(12)13)3-4-20-15/h3-4,6-7,10,23-24H,1-2,5,8-9H2. The van der Waals surface area contributed by atoms with Crippen molar-refractivity contribution < 1.29 is 21.6 Å². The molecule has 3 aromatic rings. The molecule has 1 fully saturated rings. The number of hydrogen-bond acceptors (Lipinski definition) is 6. The highest BCUT2D eigenvalue weighted by atomic mass is 32.2. The monoisotopic (exact) mass is 414 g/mol. The van der Waals surface area contributed by atoms with Crippen molar-refractivity contribution in [1.82, 2.24) is 24.9 Å². The lowest BCUT2D eigenvalue weighted by Crippen LogP contribution is -2.49. The maximum atomic E-state index is 12.5. The number of H-pyrrole nitrogens is 1. The van der Waals surface area contributed by atoms with Gasteiger partial charge in [-0.05, 0) is 18.9 Å². The van der Waals surface area contributed by atoms with E-state index in [1.807, 2.05) is 11.0 Å². The zero-order valence-electron chi connectivity index (χ0n) is 14.6. The molecule has 1 aliphatic heterocycles. The number of pyridine rings is 1. The fourth-order valence-corrected chi connectivity index (χ4v) is 4.81. The van der Waals surface area contributed by atoms with Gasteiger partial charge in [-0.1, -0.05) is 0 Å². The van der Waals surface area contributed by atoms with Crippen LogP contribution in [0.3, 0.4) is 0 Å². The van der Waals surface area contributed by atoms with Crippen molar-refractivity contribution in [2.45, 2.75) is 25.1 Å². The Bertz CT molecular complexity index is 1110. The summed E-state index contributed by atoms with van der Waals surface area (Å²) < 4.78 is 63.3. The van der Waals surface area contributed by atoms with Gasteiger partial charge in [0.15, 0.2) is 11.4 Å². The van der Waals surface area contributed by atoms with Crippen LogP contribution in [0.15, 0.2) is 24.7 Å². The van der Waals surface area contributed by atoms with Gasteiger partial charge in [0, 0.05) is 36.1 Å². The van der Waals surface area contributed by atoms with Crippen LogP contribution in [0.5, 0.6) is 0 Å². The van der Waals surface area contributed by atoms with Crippen molar-refractivity contribution in [1.29, 1.82) is 0 Å². The number of fused-ring (bicyclic) bond motifs is 3. The molecule has 1 atom stereocenters. The van der Waals surface area contributed by atoms with E-state index in [4.69, 9.17) is 0 Å². The summed E-state index contributed by atoms with van der Waals surface area (Å²) in [4.78, 5) is 10.4. The molecular weight excluding hydrogens is 397 g/mol. The number of alkyl halides is 3. The van der Waals surface area contributed by atoms with Crippen molar-refractivity contribution in [3.63, 3.8) is 0 Å². The van der Waals surface area contributed by atoms with Crippen LogP contribution in [0, 0.1) is 0 Å². The molecule has 0 saturated carbocycles. The topological polar surface area (TPSA) is 104 Å². The number of anilines is 1. The highest BCUT2D eigenvalue weighted by molar-refractivity contribution is 7.89. The van der Waals surface area contributed by atoms with Gasteiger partial charge in [0.05, 0.1) is 23.6 Å². The number of hydrogen-bond donors (Lipinski definition) is 2. The van der Waals surface area contributed by atoms with E-state index in [0.717, 1.165) is 16.5 Å². The highest BCUT2D eigenvalue weighted by Gasteiger charge is 2.36. The molecule has 4 rings (SSSR count). The molecule has 150 valence electrons. The summed E-state index contributed by atoms with van der Waals surface area (Å²) in [7, 11) is -4.46. The molecule has 1 unspecified atom stereocenters. The summed E-state index contributed by atoms with van der Waals surface area (Å²) >= 11 is 0. The largest absolute Gasteiger partial charge is 0.404 e. The third kappa shape index (κ3) is 3.87. The third-order valence-electron chi connectivity index (χ3n) is 4.62. The molecule has 0 aromatic carbocycles. The number of piperidine rings is 1. The number of aromatic nitrogens is 4. The quantitative estimate of drug-likeness (QED) is 0.676. The second kappa shape index (κ2) is 6.85. The zero-order chi connectivity index (χ0) is 19.9. The van der Waals surface area contributed by atoms with Crippen molar-refractivity contribution in [2.75, 3.05) is 23.7 Å². The van der Waals surface area contributed by atoms with Gasteiger partial charge < -0.3 is 4.90 Å². The summed E-state index contributed by atoms with van der Waals surface area (Å²) in [5, 5.41) is 8.67. The minimum Gasteiger partial charge on any atom is -0.368 e. The Morgan fingerprint density at radius 2 is 2.11 bits per heavy atom. The summed E-state index contributed by atoms with van der Waals surface area (Å²) in [5.41, 5.74) is 2.03. The fraction of sp³-hybridized carbons (Fsp3) is 0.438. The third-order valence-corrected chi connectivity index (χ3v) is 6.02. The van der Waals surface area contributed by atoms with Crippen molar-refractivity contribution >= 4 is 37.6 Å². The Morgan fingerprint density at radius 1 is 1.29 bits per heavy atom. The lowest BCUT2D eigenvalue weighted by atomic mass is 10.0. The van der Waals surface area contributed by atoms with E-state index in [9.17, 15) is 21.6 Å². The lowest BCUT2D eigenvalue weighted by Gasteiger charge is -2.35. The first kappa shape index (κ1) is 18.9. The molecule has 0 amide bonds. The number of halogens is 3. The van der Waals surface area contributed by atoms with Crippen LogP contribution < -0.4 is 9.62 Å². The molecule has 4 heterocycles. The molecule has 0 aliphatic carbocycles. The number of sulfonamides is 1. The van der Waals surface area contributed by atoms with Gasteiger partial charge in [0.25, 0.3) is 0 Å². The Balaban J connectivity index is 1.63. The molecule has 28 heavy (non-hydrogen) atoms. The van der Waals surface area contributed by atoms with Crippen molar-refractivity contribution in [2.24, 2.45) is 0 Å². The molecule has 8 nitrogen and oxygen atoms in total. The maximum Gasteiger partial charge on any atom is 0.404 e. The minimum atomic E-state index is -4.78. The van der Waals surface area contributed by atoms with Crippen LogP contribution in [-0.4, -0.2) is 59.6 Å². The van der Waals surface area contributed by atoms with Gasteiger partial charge in [-0.25, -0.2) is 23.1 Å². The molecule has 1 aliphatic rings. The van der Waals surface area contributed by atoms with Crippen LogP contribution >= 0.6 is 0 Å². The van der Waals surface area contributed by atoms with E-state index in [1.54, 1.807) is 18.6 Å². The first-order chi connectivity index (χ1) is 13.2. The fourth-order valence-electron chi connectivity index (χ4n) is 3.59. The molecule has 0 spiro atoms. The predicted octanol–water partition coefficient (Wildman–Crippen LogP) is 1.96. The van der Waals surface area contributed by atoms with Crippen LogP contribution in [0.25, 0.3) is 21.9 Å². The summed E-state index contributed by atoms with van der Waals surface area (Å²) in [5.74, 6) is -1.88. The Morgan fingerprint density at radius 3 is 2.89 bits per heavy atom. The van der Waals surface area contributed by atoms with Crippen LogP contribution in [0.2, 0.25) is 0 Å². The van der Waals surface area contributed by atoms with E-state index in [1.165, 1.54) is 0 Å². The number of aromatic amines is 1. The molecule has 2 N–H and O–H groups in total. The van der Waals surface area contributed by atoms with E-state index in [-0.39, 0.29) is 6.54 Å². The molecule has 12 heteroatoms. The van der Waals surface area contributed by atoms with E-state index in [2.05, 4.69) is 24.9 Å². The van der Waals surface area contributed by atoms with Gasteiger partial charge in [-0.15, -0.1) is 0 Å². The Labute approximate surface area is 158 Å². The molecule has 3 aromatic heterocycles. The van der Waals surface area contributed by atoms with Crippen LogP contribution in [0.1, 0.15) is 12.8 Å². The molecular formula is C16H17F3N6O2S. The number of nitrogens with one attached hydrogen (secondary N) is 2. The average molecular weight is 414 g/mol. The van der Waals surface area contributed by atoms with Gasteiger partial charge in [-0.2, -0.15) is 18.3 Å². The maximum absolute atomic E-state index is 12.5. The number of rotatable bonds is 4. The predicted molar refractivity (Wildman–Crippen MR) is 97.4 cm³/mol. The summed E-state index contributed by atoms with van der Waals surface area (Å²) in [6.45, 7) is 0.881. The second-order valence-electron chi connectivity index (χ2n) is 6.76. The highest BCUT2D eigenvalue weighted by Crippen LogP contribution is 2.32. The second-order valence-corrected chi connectivity index (χ2v) is 8.52. The van der Waals surface area contributed by atoms with Gasteiger partial charge in [0.2, 0.25) is 10.0 Å². The first-order valence-corrected chi connectivity index (χ1v) is 10.3. The van der Waals surface area contributed by atoms with E-state index >= 15 is 0 Å². The van der Waals surface area contributed by atoms with Crippen molar-refractivity contribution in [3.8, 4) is 0 Å². The average Bonchev–Trinajstić information content (AvgIpc) is 3.07. The number of nitrogens with zero attached hydrogens (tertiary/aromatic N) is 4. The van der Waals surface area contributed by atoms with Crippen LogP contribution in [0.4, 0.5) is 18.9 Å². The molecule has 0 bridgehead atoms. The van der Waals surface area contributed by atoms with Gasteiger partial charge in [-0.3, -0.25) is 5.10 Å². The molecule has 1 saturated heterocycles. The minimum absolute atomic E-state index is 0.246. The smallest absolute Gasteiger partial charge is 0.368 e. The zero-order valence-corrected chi connectivity index (χ0v) is 15.4. The normalized spacial score (nSPS) is 18.8. The van der Waals surface area contributed by atoms with Crippen LogP contribution in [-0.2, 0) is 10.0 Å². The van der Waals surface area contributed by atoms with Gasteiger partial charge in [0.1, 0.15) is 0 Å². The summed E-state index contributed by atoms with van der Waals surface area (Å²) in [6, 6.07) is 1.21. The Kier molecular flexibility index (Phi) is 4.62. The Hall–Kier alpha value is -2.47. The van der Waals surface area contributed by atoms with E-state index < -0.39 is 28.0 Å². The first-order valence-electron chi connectivity index (χ1n) is 8.60. The SMILES string of the molecule is O=S(=O)(CC(F)(F)F)NC1CCCN(c2cn[nH]c3cnc4nccc4c23)C1. The summed E-state index contributed by atoms with van der Waals surface area (Å²) in [6.07, 6.45) is 1.21. The lowest BCUT2D eigenvalue weighted by molar-refractivity contribution is -0.106. The van der Waals surface area contributed by atoms with Crippen molar-refractivity contribution in [3.05, 3.63) is 24.7 Å². The molecule has 0 radical (unpaired) electrons. The van der Waals surface area contributed by atoms with E-state index in [0.29, 0.717) is 30.6 Å².